The molecule has 7 nitrogen and oxygen atoms in total. The topological polar surface area (TPSA) is 89.9 Å². The van der Waals surface area contributed by atoms with Gasteiger partial charge in [-0.3, -0.25) is 9.82 Å². The van der Waals surface area contributed by atoms with Gasteiger partial charge >= 0.3 is 12.3 Å². The molecular formula is C22H15F3N2O5. The number of hydroxylamine groups is 1. The Morgan fingerprint density at radius 3 is 2.47 bits per heavy atom. The van der Waals surface area contributed by atoms with E-state index in [1.165, 1.54) is 42.6 Å². The average molecular weight is 444 g/mol. The molecule has 3 aromatic rings. The molecule has 0 bridgehead atoms. The number of pyridine rings is 1. The highest BCUT2D eigenvalue weighted by Crippen LogP contribution is 2.29. The first-order chi connectivity index (χ1) is 15.3. The smallest absolute Gasteiger partial charge is 0.478 e. The highest BCUT2D eigenvalue weighted by molar-refractivity contribution is 5.89. The predicted molar refractivity (Wildman–Crippen MR) is 105 cm³/mol. The van der Waals surface area contributed by atoms with Crippen molar-refractivity contribution in [3.63, 3.8) is 0 Å². The Labute approximate surface area is 179 Å². The second-order valence-corrected chi connectivity index (χ2v) is 6.66. The van der Waals surface area contributed by atoms with E-state index >= 15 is 0 Å². The number of aromatic carboxylic acids is 1. The van der Waals surface area contributed by atoms with Gasteiger partial charge in [0.1, 0.15) is 17.6 Å². The number of halogens is 3. The fourth-order valence-electron chi connectivity index (χ4n) is 2.96. The Kier molecular flexibility index (Phi) is 5.69. The molecule has 10 heteroatoms. The number of hydrogen-bond donors (Lipinski definition) is 2. The second-order valence-electron chi connectivity index (χ2n) is 6.66. The summed E-state index contributed by atoms with van der Waals surface area (Å²) in [4.78, 5) is 20.8. The van der Waals surface area contributed by atoms with Gasteiger partial charge in [0.2, 0.25) is 5.88 Å². The maximum absolute atomic E-state index is 12.3. The Morgan fingerprint density at radius 2 is 1.81 bits per heavy atom. The van der Waals surface area contributed by atoms with E-state index in [-0.39, 0.29) is 17.2 Å². The lowest BCUT2D eigenvalue weighted by atomic mass is 10.1. The van der Waals surface area contributed by atoms with Gasteiger partial charge in [0.05, 0.1) is 17.5 Å². The molecule has 0 spiro atoms. The lowest BCUT2D eigenvalue weighted by Crippen LogP contribution is -2.17. The minimum atomic E-state index is -4.75. The van der Waals surface area contributed by atoms with Crippen LogP contribution in [-0.4, -0.2) is 22.4 Å². The molecule has 32 heavy (non-hydrogen) atoms. The molecule has 1 aliphatic heterocycles. The Hall–Kier alpha value is -4.05. The number of nitrogens with one attached hydrogen (secondary N) is 1. The van der Waals surface area contributed by atoms with Crippen LogP contribution < -0.4 is 15.0 Å². The zero-order valence-electron chi connectivity index (χ0n) is 16.2. The summed E-state index contributed by atoms with van der Waals surface area (Å²) >= 11 is 0. The van der Waals surface area contributed by atoms with Gasteiger partial charge in [0.15, 0.2) is 0 Å². The van der Waals surface area contributed by atoms with Crippen LogP contribution in [0.2, 0.25) is 0 Å². The number of carboxylic acid groups (broad SMARTS) is 1. The van der Waals surface area contributed by atoms with E-state index in [1.807, 2.05) is 0 Å². The van der Waals surface area contributed by atoms with Crippen molar-refractivity contribution in [3.8, 4) is 22.8 Å². The number of rotatable bonds is 6. The zero-order chi connectivity index (χ0) is 22.7. The monoisotopic (exact) mass is 444 g/mol. The van der Waals surface area contributed by atoms with Gasteiger partial charge in [-0.1, -0.05) is 24.3 Å². The number of nitrogens with zero attached hydrogens (tertiary/aromatic N) is 1. The summed E-state index contributed by atoms with van der Waals surface area (Å²) in [5.74, 6) is -0.663. The molecule has 164 valence electrons. The van der Waals surface area contributed by atoms with Crippen molar-refractivity contribution in [2.45, 2.75) is 12.5 Å². The van der Waals surface area contributed by atoms with Crippen LogP contribution in [0.4, 0.5) is 13.2 Å². The number of benzene rings is 2. The normalized spacial score (nSPS) is 15.6. The van der Waals surface area contributed by atoms with Crippen LogP contribution in [0.25, 0.3) is 11.3 Å². The van der Waals surface area contributed by atoms with Crippen molar-refractivity contribution in [2.24, 2.45) is 0 Å². The number of carbonyl (C=O) groups is 1. The molecular weight excluding hydrogens is 429 g/mol. The van der Waals surface area contributed by atoms with E-state index in [0.717, 1.165) is 0 Å². The molecule has 0 fully saturated rings. The molecule has 0 saturated heterocycles. The molecule has 1 aromatic heterocycles. The molecule has 2 heterocycles. The van der Waals surface area contributed by atoms with Gasteiger partial charge in [-0.05, 0) is 42.0 Å². The molecule has 4 rings (SSSR count). The first-order valence-electron chi connectivity index (χ1n) is 9.24. The summed E-state index contributed by atoms with van der Waals surface area (Å²) in [5.41, 5.74) is 4.58. The van der Waals surface area contributed by atoms with Crippen molar-refractivity contribution in [2.75, 3.05) is 0 Å². The predicted octanol–water partition coefficient (Wildman–Crippen LogP) is 4.84. The van der Waals surface area contributed by atoms with Crippen molar-refractivity contribution in [3.05, 3.63) is 89.9 Å². The van der Waals surface area contributed by atoms with Crippen LogP contribution in [0.1, 0.15) is 22.0 Å². The summed E-state index contributed by atoms with van der Waals surface area (Å²) in [6, 6.07) is 15.0. The molecule has 2 N–H and O–H groups in total. The maximum Gasteiger partial charge on any atom is 0.573 e. The fourth-order valence-corrected chi connectivity index (χ4v) is 2.96. The van der Waals surface area contributed by atoms with Gasteiger partial charge in [-0.15, -0.1) is 13.2 Å². The third-order valence-corrected chi connectivity index (χ3v) is 4.40. The zero-order valence-corrected chi connectivity index (χ0v) is 16.2. The van der Waals surface area contributed by atoms with Gasteiger partial charge in [-0.25, -0.2) is 10.3 Å². The van der Waals surface area contributed by atoms with Gasteiger partial charge in [0.25, 0.3) is 0 Å². The summed E-state index contributed by atoms with van der Waals surface area (Å²) in [5, 5.41) is 9.10. The van der Waals surface area contributed by atoms with Crippen molar-refractivity contribution in [1.29, 1.82) is 0 Å². The van der Waals surface area contributed by atoms with E-state index in [1.54, 1.807) is 30.3 Å². The standard InChI is InChI=1S/C22H15F3N2O5/c23-22(24,25)31-16-6-4-13(5-7-16)19-11-20(27-32-19)30-17-8-9-18(26-12-17)14-2-1-3-15(10-14)21(28)29/h1-12,19,27H,(H,28,29)/t19-/m1/s1. The third kappa shape index (κ3) is 5.16. The lowest BCUT2D eigenvalue weighted by molar-refractivity contribution is -0.274. The van der Waals surface area contributed by atoms with Crippen LogP contribution in [-0.2, 0) is 4.84 Å². The average Bonchev–Trinajstić information content (AvgIpc) is 3.22. The van der Waals surface area contributed by atoms with Crippen molar-refractivity contribution < 1.29 is 37.4 Å². The van der Waals surface area contributed by atoms with Crippen molar-refractivity contribution in [1.82, 2.24) is 10.5 Å². The van der Waals surface area contributed by atoms with Crippen LogP contribution in [0.5, 0.6) is 11.5 Å². The number of carboxylic acids is 1. The molecule has 0 amide bonds. The second kappa shape index (κ2) is 8.60. The van der Waals surface area contributed by atoms with E-state index in [2.05, 4.69) is 15.2 Å². The van der Waals surface area contributed by atoms with Crippen molar-refractivity contribution >= 4 is 5.97 Å². The molecule has 0 unspecified atom stereocenters. The van der Waals surface area contributed by atoms with Gasteiger partial charge in [-0.2, -0.15) is 0 Å². The van der Waals surface area contributed by atoms with Crippen LogP contribution >= 0.6 is 0 Å². The molecule has 1 aliphatic rings. The molecule has 0 radical (unpaired) electrons. The largest absolute Gasteiger partial charge is 0.573 e. The minimum absolute atomic E-state index is 0.158. The maximum atomic E-state index is 12.3. The highest BCUT2D eigenvalue weighted by Gasteiger charge is 2.31. The molecule has 1 atom stereocenters. The number of hydrogen-bond acceptors (Lipinski definition) is 6. The minimum Gasteiger partial charge on any atom is -0.478 e. The first kappa shape index (κ1) is 21.2. The molecule has 2 aromatic carbocycles. The SMILES string of the molecule is O=C(O)c1cccc(-c2ccc(OC3=C[C@H](c4ccc(OC(F)(F)F)cc4)ON3)cn2)c1. The quantitative estimate of drug-likeness (QED) is 0.562. The van der Waals surface area contributed by atoms with E-state index in [9.17, 15) is 18.0 Å². The number of alkyl halides is 3. The Bertz CT molecular complexity index is 1150. The highest BCUT2D eigenvalue weighted by atomic mass is 19.4. The Morgan fingerprint density at radius 1 is 1.06 bits per heavy atom. The number of aromatic nitrogens is 1. The lowest BCUT2D eigenvalue weighted by Gasteiger charge is -2.11. The summed E-state index contributed by atoms with van der Waals surface area (Å²) in [6.07, 6.45) is -2.24. The summed E-state index contributed by atoms with van der Waals surface area (Å²) < 4.78 is 46.3. The van der Waals surface area contributed by atoms with Crippen LogP contribution in [0, 0.1) is 0 Å². The summed E-state index contributed by atoms with van der Waals surface area (Å²) in [6.45, 7) is 0. The third-order valence-electron chi connectivity index (χ3n) is 4.40. The van der Waals surface area contributed by atoms with Crippen LogP contribution in [0.15, 0.2) is 78.8 Å². The Balaban J connectivity index is 1.41. The molecule has 0 aliphatic carbocycles. The first-order valence-corrected chi connectivity index (χ1v) is 9.24. The number of ether oxygens (including phenoxy) is 2. The fraction of sp³-hybridized carbons (Fsp3) is 0.0909. The van der Waals surface area contributed by atoms with Gasteiger partial charge in [0, 0.05) is 11.6 Å². The molecule has 0 saturated carbocycles. The van der Waals surface area contributed by atoms with E-state index in [0.29, 0.717) is 22.6 Å². The van der Waals surface area contributed by atoms with E-state index in [4.69, 9.17) is 14.7 Å². The summed E-state index contributed by atoms with van der Waals surface area (Å²) in [7, 11) is 0. The van der Waals surface area contributed by atoms with Crippen LogP contribution in [0.3, 0.4) is 0 Å². The van der Waals surface area contributed by atoms with Gasteiger partial charge < -0.3 is 14.6 Å². The van der Waals surface area contributed by atoms with E-state index < -0.39 is 18.4 Å².